The van der Waals surface area contributed by atoms with Crippen molar-refractivity contribution in [3.05, 3.63) is 72.3 Å². The molecule has 0 amide bonds. The lowest BCUT2D eigenvalue weighted by Crippen LogP contribution is -2.25. The number of benzene rings is 2. The van der Waals surface area contributed by atoms with Crippen LogP contribution in [0.15, 0.2) is 55.1 Å². The Morgan fingerprint density at radius 1 is 1.13 bits per heavy atom. The van der Waals surface area contributed by atoms with Crippen molar-refractivity contribution in [2.45, 2.75) is 53.0 Å². The van der Waals surface area contributed by atoms with Crippen LogP contribution in [0.3, 0.4) is 0 Å². The Labute approximate surface area is 186 Å². The number of aromatic amines is 1. The van der Waals surface area contributed by atoms with Crippen LogP contribution < -0.4 is 0 Å². The van der Waals surface area contributed by atoms with Crippen molar-refractivity contribution >= 4 is 10.9 Å². The van der Waals surface area contributed by atoms with Gasteiger partial charge in [0.2, 0.25) is 0 Å². The van der Waals surface area contributed by atoms with Crippen molar-refractivity contribution in [1.29, 1.82) is 0 Å². The van der Waals surface area contributed by atoms with E-state index in [-0.39, 0.29) is 11.6 Å². The Hall–Kier alpha value is -2.46. The van der Waals surface area contributed by atoms with Crippen LogP contribution in [0, 0.1) is 24.5 Å². The summed E-state index contributed by atoms with van der Waals surface area (Å²) >= 11 is 0. The van der Waals surface area contributed by atoms with Crippen molar-refractivity contribution in [2.24, 2.45) is 5.92 Å². The quantitative estimate of drug-likeness (QED) is 0.423. The minimum Gasteiger partial charge on any atom is -0.352 e. The molecule has 0 unspecified atom stereocenters. The summed E-state index contributed by atoms with van der Waals surface area (Å²) in [5.74, 6) is 0.334. The molecular formula is C27H36F2N2. The predicted molar refractivity (Wildman–Crippen MR) is 129 cm³/mol. The van der Waals surface area contributed by atoms with E-state index in [2.05, 4.69) is 50.4 Å². The molecule has 31 heavy (non-hydrogen) atoms. The molecule has 1 saturated carbocycles. The van der Waals surface area contributed by atoms with Gasteiger partial charge in [0.05, 0.1) is 5.52 Å². The second-order valence-corrected chi connectivity index (χ2v) is 8.49. The first-order chi connectivity index (χ1) is 14.7. The van der Waals surface area contributed by atoms with Crippen LogP contribution in [0.1, 0.15) is 45.6 Å². The van der Waals surface area contributed by atoms with E-state index in [4.69, 9.17) is 0 Å². The summed E-state index contributed by atoms with van der Waals surface area (Å²) in [5.41, 5.74) is 2.99. The van der Waals surface area contributed by atoms with Crippen molar-refractivity contribution in [1.82, 2.24) is 9.88 Å². The minimum absolute atomic E-state index is 0.265. The maximum absolute atomic E-state index is 13.7. The molecule has 4 rings (SSSR count). The third-order valence-electron chi connectivity index (χ3n) is 5.84. The first-order valence-electron chi connectivity index (χ1n) is 11.1. The van der Waals surface area contributed by atoms with E-state index in [1.807, 2.05) is 19.1 Å². The molecule has 2 aromatic carbocycles. The molecule has 3 aromatic rings. The smallest absolute Gasteiger partial charge is 0.147 e. The summed E-state index contributed by atoms with van der Waals surface area (Å²) in [6.45, 7) is 13.2. The Balaban J connectivity index is 0.000000216. The number of allylic oxidation sites excluding steroid dienone is 1. The van der Waals surface area contributed by atoms with E-state index < -0.39 is 0 Å². The fourth-order valence-electron chi connectivity index (χ4n) is 3.17. The molecule has 0 aliphatic heterocycles. The van der Waals surface area contributed by atoms with E-state index in [1.54, 1.807) is 12.1 Å². The number of fused-ring (bicyclic) bond motifs is 1. The third-order valence-corrected chi connectivity index (χ3v) is 5.84. The Morgan fingerprint density at radius 2 is 1.77 bits per heavy atom. The molecular weight excluding hydrogens is 390 g/mol. The maximum Gasteiger partial charge on any atom is 0.147 e. The summed E-state index contributed by atoms with van der Waals surface area (Å²) < 4.78 is 26.6. The lowest BCUT2D eigenvalue weighted by molar-refractivity contribution is 0.289. The number of H-pyrrole nitrogens is 1. The molecule has 1 aliphatic rings. The zero-order valence-electron chi connectivity index (χ0n) is 19.5. The van der Waals surface area contributed by atoms with Gasteiger partial charge in [0.15, 0.2) is 0 Å². The minimum atomic E-state index is -0.281. The molecule has 4 heteroatoms. The van der Waals surface area contributed by atoms with Gasteiger partial charge in [0.25, 0.3) is 0 Å². The Morgan fingerprint density at radius 3 is 2.19 bits per heavy atom. The number of halogens is 2. The average Bonchev–Trinajstić information content (AvgIpc) is 3.12. The standard InChI is InChI=1S/C15H11F2N.C6H15N.C6H10/c1-9-6-11-8-14(18-15(11)13(17)7-9)10-2-4-12(16)5-3-10;1-5-7(4)6(2)3;1-2-6-4-3-5-6/h2-8,18H,1H3;6H,5H2,1-4H3;2,6H,1,3-5H2. The zero-order chi connectivity index (χ0) is 23.0. The molecule has 1 aromatic heterocycles. The lowest BCUT2D eigenvalue weighted by Gasteiger charge is -2.20. The Kier molecular flexibility index (Phi) is 9.44. The van der Waals surface area contributed by atoms with Crippen molar-refractivity contribution in [2.75, 3.05) is 13.6 Å². The van der Waals surface area contributed by atoms with Gasteiger partial charge < -0.3 is 9.88 Å². The van der Waals surface area contributed by atoms with Gasteiger partial charge in [-0.25, -0.2) is 8.78 Å². The van der Waals surface area contributed by atoms with Gasteiger partial charge in [-0.3, -0.25) is 0 Å². The Bertz CT molecular complexity index is 953. The molecule has 1 N–H and O–H groups in total. The van der Waals surface area contributed by atoms with E-state index in [0.717, 1.165) is 34.7 Å². The highest BCUT2D eigenvalue weighted by molar-refractivity contribution is 5.86. The highest BCUT2D eigenvalue weighted by Crippen LogP contribution is 2.27. The van der Waals surface area contributed by atoms with E-state index in [1.165, 1.54) is 37.5 Å². The molecule has 0 radical (unpaired) electrons. The van der Waals surface area contributed by atoms with E-state index >= 15 is 0 Å². The molecule has 168 valence electrons. The first kappa shape index (κ1) is 24.8. The number of nitrogens with one attached hydrogen (secondary N) is 1. The normalized spacial score (nSPS) is 13.3. The van der Waals surface area contributed by atoms with Crippen LogP contribution in [0.5, 0.6) is 0 Å². The summed E-state index contributed by atoms with van der Waals surface area (Å²) in [4.78, 5) is 5.32. The largest absolute Gasteiger partial charge is 0.352 e. The van der Waals surface area contributed by atoms with Gasteiger partial charge in [0, 0.05) is 17.1 Å². The molecule has 1 aliphatic carbocycles. The molecule has 0 saturated heterocycles. The summed E-state index contributed by atoms with van der Waals surface area (Å²) in [7, 11) is 2.13. The van der Waals surface area contributed by atoms with Crippen LogP contribution in [0.25, 0.3) is 22.2 Å². The van der Waals surface area contributed by atoms with E-state index in [0.29, 0.717) is 11.6 Å². The number of hydrogen-bond donors (Lipinski definition) is 1. The number of nitrogens with zero attached hydrogens (tertiary/aromatic N) is 1. The van der Waals surface area contributed by atoms with Crippen LogP contribution >= 0.6 is 0 Å². The maximum atomic E-state index is 13.7. The molecule has 1 heterocycles. The second kappa shape index (κ2) is 11.8. The second-order valence-electron chi connectivity index (χ2n) is 8.49. The summed E-state index contributed by atoms with van der Waals surface area (Å²) in [5, 5.41) is 0.826. The van der Waals surface area contributed by atoms with Crippen molar-refractivity contribution < 1.29 is 8.78 Å². The zero-order valence-corrected chi connectivity index (χ0v) is 19.5. The summed E-state index contributed by atoms with van der Waals surface area (Å²) in [6, 6.07) is 12.1. The highest BCUT2D eigenvalue weighted by atomic mass is 19.1. The molecule has 2 nitrogen and oxygen atoms in total. The number of hydrogen-bond acceptors (Lipinski definition) is 1. The van der Waals surface area contributed by atoms with Gasteiger partial charge in [-0.2, -0.15) is 0 Å². The van der Waals surface area contributed by atoms with Gasteiger partial charge in [-0.05, 0) is 107 Å². The van der Waals surface area contributed by atoms with Gasteiger partial charge >= 0.3 is 0 Å². The number of aryl methyl sites for hydroxylation is 1. The topological polar surface area (TPSA) is 19.0 Å². The van der Waals surface area contributed by atoms with Gasteiger partial charge in [0.1, 0.15) is 11.6 Å². The van der Waals surface area contributed by atoms with Gasteiger partial charge in [-0.15, -0.1) is 6.58 Å². The molecule has 1 fully saturated rings. The lowest BCUT2D eigenvalue weighted by atomic mass is 9.86. The molecule has 0 spiro atoms. The highest BCUT2D eigenvalue weighted by Gasteiger charge is 2.11. The number of rotatable bonds is 4. The first-order valence-corrected chi connectivity index (χ1v) is 11.1. The van der Waals surface area contributed by atoms with Crippen molar-refractivity contribution in [3.63, 3.8) is 0 Å². The fourth-order valence-corrected chi connectivity index (χ4v) is 3.17. The SMILES string of the molecule is C=CC1CCC1.CCN(C)C(C)C.Cc1cc(F)c2[nH]c(-c3ccc(F)cc3)cc2c1. The predicted octanol–water partition coefficient (Wildman–Crippen LogP) is 7.74. The van der Waals surface area contributed by atoms with Crippen LogP contribution in [0.4, 0.5) is 8.78 Å². The molecule has 0 bridgehead atoms. The van der Waals surface area contributed by atoms with Crippen LogP contribution in [0.2, 0.25) is 0 Å². The van der Waals surface area contributed by atoms with Crippen LogP contribution in [-0.4, -0.2) is 29.5 Å². The van der Waals surface area contributed by atoms with Gasteiger partial charge in [-0.1, -0.05) is 19.4 Å². The molecule has 0 atom stereocenters. The average molecular weight is 427 g/mol. The summed E-state index contributed by atoms with van der Waals surface area (Å²) in [6.07, 6.45) is 6.27. The monoisotopic (exact) mass is 426 g/mol. The van der Waals surface area contributed by atoms with Crippen LogP contribution in [-0.2, 0) is 0 Å². The fraction of sp³-hybridized carbons (Fsp3) is 0.407. The number of aromatic nitrogens is 1. The third kappa shape index (κ3) is 7.32. The van der Waals surface area contributed by atoms with Crippen molar-refractivity contribution in [3.8, 4) is 11.3 Å². The van der Waals surface area contributed by atoms with E-state index in [9.17, 15) is 8.78 Å².